The molecule has 2 heterocycles. The minimum atomic E-state index is 0.214. The van der Waals surface area contributed by atoms with Crippen molar-refractivity contribution < 1.29 is 0 Å². The number of nitrogens with zero attached hydrogens (tertiary/aromatic N) is 1. The molecule has 0 saturated heterocycles. The molecule has 0 saturated carbocycles. The molecule has 0 aliphatic rings. The van der Waals surface area contributed by atoms with Crippen molar-refractivity contribution in [1.29, 1.82) is 0 Å². The van der Waals surface area contributed by atoms with Crippen LogP contribution in [0.4, 0.5) is 0 Å². The Hall–Kier alpha value is -1.19. The van der Waals surface area contributed by atoms with Gasteiger partial charge in [0.05, 0.1) is 11.7 Å². The van der Waals surface area contributed by atoms with Gasteiger partial charge in [-0.2, -0.15) is 0 Å². The Morgan fingerprint density at radius 1 is 1.41 bits per heavy atom. The second-order valence-electron chi connectivity index (χ2n) is 4.19. The van der Waals surface area contributed by atoms with Crippen molar-refractivity contribution in [2.24, 2.45) is 0 Å². The van der Waals surface area contributed by atoms with E-state index in [0.29, 0.717) is 0 Å². The number of hydrogen-bond donors (Lipinski definition) is 1. The normalized spacial score (nSPS) is 12.6. The molecule has 17 heavy (non-hydrogen) atoms. The lowest BCUT2D eigenvalue weighted by Gasteiger charge is -2.18. The third kappa shape index (κ3) is 2.73. The zero-order valence-corrected chi connectivity index (χ0v) is 11.3. The maximum absolute atomic E-state index is 4.52. The number of nitrogens with one attached hydrogen (secondary N) is 1. The number of hydrogen-bond acceptors (Lipinski definition) is 3. The van der Waals surface area contributed by atoms with E-state index in [2.05, 4.69) is 48.6 Å². The fraction of sp³-hybridized carbons (Fsp3) is 0.357. The summed E-state index contributed by atoms with van der Waals surface area (Å²) in [7, 11) is 0. The van der Waals surface area contributed by atoms with Crippen LogP contribution in [-0.4, -0.2) is 11.5 Å². The Labute approximate surface area is 107 Å². The molecule has 0 aliphatic carbocycles. The molecule has 0 aromatic carbocycles. The Kier molecular flexibility index (Phi) is 3.92. The molecular formula is C14H18N2S. The summed E-state index contributed by atoms with van der Waals surface area (Å²) in [4.78, 5) is 5.87. The Morgan fingerprint density at radius 3 is 2.82 bits per heavy atom. The van der Waals surface area contributed by atoms with Gasteiger partial charge in [-0.05, 0) is 49.0 Å². The molecule has 90 valence electrons. The molecule has 1 unspecified atom stereocenters. The topological polar surface area (TPSA) is 24.9 Å². The van der Waals surface area contributed by atoms with Gasteiger partial charge >= 0.3 is 0 Å². The largest absolute Gasteiger partial charge is 0.305 e. The summed E-state index contributed by atoms with van der Waals surface area (Å²) >= 11 is 1.79. The Bertz CT molecular complexity index is 490. The first-order chi connectivity index (χ1) is 8.22. The molecule has 0 aliphatic heterocycles. The van der Waals surface area contributed by atoms with E-state index >= 15 is 0 Å². The van der Waals surface area contributed by atoms with Crippen molar-refractivity contribution >= 4 is 11.3 Å². The fourth-order valence-electron chi connectivity index (χ4n) is 1.99. The van der Waals surface area contributed by atoms with Crippen LogP contribution >= 0.6 is 11.3 Å². The van der Waals surface area contributed by atoms with Gasteiger partial charge in [0.1, 0.15) is 0 Å². The van der Waals surface area contributed by atoms with Gasteiger partial charge in [0.15, 0.2) is 0 Å². The highest BCUT2D eigenvalue weighted by atomic mass is 32.1. The number of thiophene rings is 1. The molecule has 3 heteroatoms. The van der Waals surface area contributed by atoms with Crippen molar-refractivity contribution in [2.45, 2.75) is 26.8 Å². The van der Waals surface area contributed by atoms with Gasteiger partial charge in [0.2, 0.25) is 0 Å². The van der Waals surface area contributed by atoms with Crippen LogP contribution in [0.1, 0.15) is 34.7 Å². The van der Waals surface area contributed by atoms with Crippen LogP contribution < -0.4 is 5.32 Å². The summed E-state index contributed by atoms with van der Waals surface area (Å²) in [6, 6.07) is 6.56. The molecule has 0 radical (unpaired) electrons. The number of aryl methyl sites for hydroxylation is 2. The second-order valence-corrected chi connectivity index (χ2v) is 5.30. The summed E-state index contributed by atoms with van der Waals surface area (Å²) in [5.74, 6) is 0. The highest BCUT2D eigenvalue weighted by Gasteiger charge is 2.17. The highest BCUT2D eigenvalue weighted by molar-refractivity contribution is 7.10. The lowest BCUT2D eigenvalue weighted by Crippen LogP contribution is -2.23. The average Bonchev–Trinajstić information content (AvgIpc) is 2.74. The third-order valence-electron chi connectivity index (χ3n) is 2.82. The molecule has 0 bridgehead atoms. The van der Waals surface area contributed by atoms with Crippen molar-refractivity contribution in [3.63, 3.8) is 0 Å². The third-order valence-corrected chi connectivity index (χ3v) is 3.70. The summed E-state index contributed by atoms with van der Waals surface area (Å²) in [6.45, 7) is 7.33. The van der Waals surface area contributed by atoms with E-state index < -0.39 is 0 Å². The van der Waals surface area contributed by atoms with E-state index in [4.69, 9.17) is 0 Å². The summed E-state index contributed by atoms with van der Waals surface area (Å²) in [6.07, 6.45) is 1.87. The van der Waals surface area contributed by atoms with E-state index in [1.54, 1.807) is 11.3 Å². The van der Waals surface area contributed by atoms with E-state index in [1.165, 1.54) is 16.0 Å². The average molecular weight is 246 g/mol. The Morgan fingerprint density at radius 2 is 2.24 bits per heavy atom. The van der Waals surface area contributed by atoms with Gasteiger partial charge in [-0.25, -0.2) is 0 Å². The molecule has 2 aromatic heterocycles. The van der Waals surface area contributed by atoms with Crippen LogP contribution in [0.2, 0.25) is 0 Å². The first-order valence-electron chi connectivity index (χ1n) is 5.92. The van der Waals surface area contributed by atoms with Gasteiger partial charge < -0.3 is 5.32 Å². The summed E-state index contributed by atoms with van der Waals surface area (Å²) < 4.78 is 0. The molecule has 0 fully saturated rings. The quantitative estimate of drug-likeness (QED) is 0.893. The van der Waals surface area contributed by atoms with E-state index in [0.717, 1.165) is 12.2 Å². The SMILES string of the molecule is CCNC(c1csc(C)c1)c1ncccc1C. The highest BCUT2D eigenvalue weighted by Crippen LogP contribution is 2.26. The predicted molar refractivity (Wildman–Crippen MR) is 73.5 cm³/mol. The molecule has 2 aromatic rings. The van der Waals surface area contributed by atoms with Crippen molar-refractivity contribution in [1.82, 2.24) is 10.3 Å². The standard InChI is InChI=1S/C14H18N2S/c1-4-15-14(12-8-11(3)17-9-12)13-10(2)6-5-7-16-13/h5-9,14-15H,4H2,1-3H3. The van der Waals surface area contributed by atoms with E-state index in [-0.39, 0.29) is 6.04 Å². The van der Waals surface area contributed by atoms with Crippen molar-refractivity contribution in [2.75, 3.05) is 6.54 Å². The van der Waals surface area contributed by atoms with Gasteiger partial charge in [-0.15, -0.1) is 11.3 Å². The van der Waals surface area contributed by atoms with Gasteiger partial charge in [-0.1, -0.05) is 13.0 Å². The molecular weight excluding hydrogens is 228 g/mol. The minimum absolute atomic E-state index is 0.214. The molecule has 1 N–H and O–H groups in total. The molecule has 2 nitrogen and oxygen atoms in total. The smallest absolute Gasteiger partial charge is 0.0762 e. The first-order valence-corrected chi connectivity index (χ1v) is 6.80. The number of pyridine rings is 1. The van der Waals surface area contributed by atoms with Crippen molar-refractivity contribution in [3.8, 4) is 0 Å². The first kappa shape index (κ1) is 12.3. The van der Waals surface area contributed by atoms with E-state index in [1.807, 2.05) is 12.3 Å². The maximum atomic E-state index is 4.52. The van der Waals surface area contributed by atoms with Crippen LogP contribution in [0.25, 0.3) is 0 Å². The monoisotopic (exact) mass is 246 g/mol. The lowest BCUT2D eigenvalue weighted by molar-refractivity contribution is 0.613. The fourth-order valence-corrected chi connectivity index (χ4v) is 2.72. The summed E-state index contributed by atoms with van der Waals surface area (Å²) in [5.41, 5.74) is 3.69. The van der Waals surface area contributed by atoms with Gasteiger partial charge in [-0.3, -0.25) is 4.98 Å². The van der Waals surface area contributed by atoms with Crippen LogP contribution in [0.3, 0.4) is 0 Å². The zero-order valence-electron chi connectivity index (χ0n) is 10.5. The van der Waals surface area contributed by atoms with Crippen LogP contribution in [0.15, 0.2) is 29.8 Å². The van der Waals surface area contributed by atoms with Crippen LogP contribution in [0, 0.1) is 13.8 Å². The van der Waals surface area contributed by atoms with Crippen molar-refractivity contribution in [3.05, 3.63) is 51.5 Å². The summed E-state index contributed by atoms with van der Waals surface area (Å²) in [5, 5.41) is 5.73. The van der Waals surface area contributed by atoms with E-state index in [9.17, 15) is 0 Å². The predicted octanol–water partition coefficient (Wildman–Crippen LogP) is 3.46. The molecule has 0 amide bonds. The Balaban J connectivity index is 2.39. The number of aromatic nitrogens is 1. The van der Waals surface area contributed by atoms with Crippen LogP contribution in [0.5, 0.6) is 0 Å². The number of rotatable bonds is 4. The lowest BCUT2D eigenvalue weighted by atomic mass is 10.0. The zero-order chi connectivity index (χ0) is 12.3. The van der Waals surface area contributed by atoms with Gasteiger partial charge in [0.25, 0.3) is 0 Å². The molecule has 1 atom stereocenters. The molecule has 0 spiro atoms. The molecule has 2 rings (SSSR count). The maximum Gasteiger partial charge on any atom is 0.0762 e. The van der Waals surface area contributed by atoms with Crippen LogP contribution in [-0.2, 0) is 0 Å². The van der Waals surface area contributed by atoms with Gasteiger partial charge in [0, 0.05) is 11.1 Å². The second kappa shape index (κ2) is 5.43. The minimum Gasteiger partial charge on any atom is -0.305 e.